The van der Waals surface area contributed by atoms with Crippen molar-refractivity contribution in [3.05, 3.63) is 59.7 Å². The molecule has 0 bridgehead atoms. The molecule has 0 amide bonds. The number of benzene rings is 1. The van der Waals surface area contributed by atoms with Crippen LogP contribution in [0.25, 0.3) is 0 Å². The molecule has 3 heteroatoms. The fourth-order valence-electron chi connectivity index (χ4n) is 4.43. The fourth-order valence-corrected chi connectivity index (χ4v) is 4.43. The molecular formula is C27H42O3. The summed E-state index contributed by atoms with van der Waals surface area (Å²) in [5, 5.41) is 31.1. The van der Waals surface area contributed by atoms with Crippen LogP contribution >= 0.6 is 0 Å². The van der Waals surface area contributed by atoms with Gasteiger partial charge in [-0.05, 0) is 56.4 Å². The zero-order chi connectivity index (χ0) is 21.9. The predicted molar refractivity (Wildman–Crippen MR) is 125 cm³/mol. The molecule has 0 saturated heterocycles. The first-order valence-electron chi connectivity index (χ1n) is 11.8. The van der Waals surface area contributed by atoms with Gasteiger partial charge in [0.2, 0.25) is 0 Å². The summed E-state index contributed by atoms with van der Waals surface area (Å²) in [5.41, 5.74) is 2.46. The maximum absolute atomic E-state index is 10.4. The molecule has 0 aliphatic heterocycles. The van der Waals surface area contributed by atoms with Crippen molar-refractivity contribution in [1.29, 1.82) is 0 Å². The van der Waals surface area contributed by atoms with Crippen molar-refractivity contribution in [3.63, 3.8) is 0 Å². The van der Waals surface area contributed by atoms with Gasteiger partial charge >= 0.3 is 0 Å². The van der Waals surface area contributed by atoms with Gasteiger partial charge in [0, 0.05) is 12.3 Å². The monoisotopic (exact) mass is 414 g/mol. The molecule has 1 aliphatic carbocycles. The maximum Gasteiger partial charge on any atom is 0.0724 e. The third-order valence-corrected chi connectivity index (χ3v) is 6.26. The second-order valence-corrected chi connectivity index (χ2v) is 9.48. The van der Waals surface area contributed by atoms with E-state index in [4.69, 9.17) is 0 Å². The molecule has 5 atom stereocenters. The van der Waals surface area contributed by atoms with E-state index in [1.165, 1.54) is 30.4 Å². The third kappa shape index (κ3) is 8.75. The number of unbranched alkanes of at least 4 members (excludes halogenated alkanes) is 2. The maximum atomic E-state index is 10.4. The van der Waals surface area contributed by atoms with E-state index in [0.717, 1.165) is 25.2 Å². The molecule has 3 N–H and O–H groups in total. The Kier molecular flexibility index (Phi) is 10.8. The molecule has 1 aromatic carbocycles. The first-order valence-corrected chi connectivity index (χ1v) is 11.8. The second-order valence-electron chi connectivity index (χ2n) is 9.48. The SMILES string of the molecule is Cc1cccc(CC[C@H](O)/C=C/C2[C@H](O)C[C@H](O)[C@@H]2C/C=C\CCCCC(C)C)c1. The number of rotatable bonds is 12. The van der Waals surface area contributed by atoms with Crippen LogP contribution in [0, 0.1) is 24.7 Å². The Labute approximate surface area is 183 Å². The molecule has 1 aromatic rings. The Morgan fingerprint density at radius 1 is 1.07 bits per heavy atom. The normalized spacial score (nSPS) is 25.7. The lowest BCUT2D eigenvalue weighted by Gasteiger charge is -2.19. The Hall–Kier alpha value is -1.42. The van der Waals surface area contributed by atoms with Crippen molar-refractivity contribution in [2.45, 2.75) is 90.4 Å². The molecule has 30 heavy (non-hydrogen) atoms. The number of hydrogen-bond donors (Lipinski definition) is 3. The van der Waals surface area contributed by atoms with Gasteiger partial charge in [-0.1, -0.05) is 80.8 Å². The molecule has 0 radical (unpaired) electrons. The molecule has 0 heterocycles. The van der Waals surface area contributed by atoms with E-state index >= 15 is 0 Å². The van der Waals surface area contributed by atoms with Gasteiger partial charge in [0.25, 0.3) is 0 Å². The zero-order valence-corrected chi connectivity index (χ0v) is 19.1. The smallest absolute Gasteiger partial charge is 0.0724 e. The van der Waals surface area contributed by atoms with Crippen molar-refractivity contribution in [3.8, 4) is 0 Å². The highest BCUT2D eigenvalue weighted by molar-refractivity contribution is 5.22. The number of allylic oxidation sites excluding steroid dienone is 2. The summed E-state index contributed by atoms with van der Waals surface area (Å²) in [6, 6.07) is 8.36. The van der Waals surface area contributed by atoms with Gasteiger partial charge in [0.15, 0.2) is 0 Å². The lowest BCUT2D eigenvalue weighted by Crippen LogP contribution is -2.20. The van der Waals surface area contributed by atoms with Crippen molar-refractivity contribution >= 4 is 0 Å². The first kappa shape index (κ1) is 24.8. The molecule has 1 saturated carbocycles. The lowest BCUT2D eigenvalue weighted by atomic mass is 9.89. The highest BCUT2D eigenvalue weighted by Gasteiger charge is 2.39. The van der Waals surface area contributed by atoms with Gasteiger partial charge in [0.1, 0.15) is 0 Å². The standard InChI is InChI=1S/C27H42O3/c1-20(2)10-7-5-4-6-8-13-24-25(27(30)19-26(24)29)17-16-23(28)15-14-22-12-9-11-21(3)18-22/h6,8-9,11-12,16-18,20,23-30H,4-5,7,10,13-15,19H2,1-3H3/b8-6-,17-16+/t23-,24+,25?,26-,27+/m0/s1. The molecule has 1 aliphatic rings. The van der Waals surface area contributed by atoms with Gasteiger partial charge in [-0.2, -0.15) is 0 Å². The number of aliphatic hydroxyl groups excluding tert-OH is 3. The topological polar surface area (TPSA) is 60.7 Å². The van der Waals surface area contributed by atoms with Crippen LogP contribution < -0.4 is 0 Å². The lowest BCUT2D eigenvalue weighted by molar-refractivity contribution is 0.120. The summed E-state index contributed by atoms with van der Waals surface area (Å²) in [7, 11) is 0. The van der Waals surface area contributed by atoms with Crippen molar-refractivity contribution in [1.82, 2.24) is 0 Å². The summed E-state index contributed by atoms with van der Waals surface area (Å²) >= 11 is 0. The molecule has 1 fully saturated rings. The minimum Gasteiger partial charge on any atom is -0.393 e. The van der Waals surface area contributed by atoms with Crippen molar-refractivity contribution in [2.24, 2.45) is 17.8 Å². The summed E-state index contributed by atoms with van der Waals surface area (Å²) in [5.74, 6) is 0.690. The van der Waals surface area contributed by atoms with Crippen LogP contribution in [0.15, 0.2) is 48.6 Å². The molecule has 2 rings (SSSR count). The average molecular weight is 415 g/mol. The van der Waals surface area contributed by atoms with E-state index in [9.17, 15) is 15.3 Å². The largest absolute Gasteiger partial charge is 0.393 e. The molecule has 1 unspecified atom stereocenters. The summed E-state index contributed by atoms with van der Waals surface area (Å²) in [4.78, 5) is 0. The molecular weight excluding hydrogens is 372 g/mol. The second kappa shape index (κ2) is 13.1. The Morgan fingerprint density at radius 2 is 1.87 bits per heavy atom. The van der Waals surface area contributed by atoms with E-state index in [1.54, 1.807) is 0 Å². The van der Waals surface area contributed by atoms with Gasteiger partial charge in [-0.15, -0.1) is 0 Å². The number of aliphatic hydroxyl groups is 3. The van der Waals surface area contributed by atoms with E-state index in [-0.39, 0.29) is 11.8 Å². The Balaban J connectivity index is 1.79. The van der Waals surface area contributed by atoms with Gasteiger partial charge in [-0.3, -0.25) is 0 Å². The van der Waals surface area contributed by atoms with Crippen LogP contribution in [0.4, 0.5) is 0 Å². The van der Waals surface area contributed by atoms with Crippen LogP contribution in [0.3, 0.4) is 0 Å². The number of hydrogen-bond acceptors (Lipinski definition) is 3. The summed E-state index contributed by atoms with van der Waals surface area (Å²) < 4.78 is 0. The molecule has 0 spiro atoms. The fraction of sp³-hybridized carbons (Fsp3) is 0.630. The van der Waals surface area contributed by atoms with Gasteiger partial charge < -0.3 is 15.3 Å². The van der Waals surface area contributed by atoms with Crippen LogP contribution in [0.1, 0.15) is 69.9 Å². The number of aryl methyl sites for hydroxylation is 2. The molecule has 3 nitrogen and oxygen atoms in total. The highest BCUT2D eigenvalue weighted by atomic mass is 16.3. The molecule has 0 aromatic heterocycles. The van der Waals surface area contributed by atoms with E-state index < -0.39 is 18.3 Å². The van der Waals surface area contributed by atoms with Gasteiger partial charge in [-0.25, -0.2) is 0 Å². The summed E-state index contributed by atoms with van der Waals surface area (Å²) in [6.07, 6.45) is 14.1. The van der Waals surface area contributed by atoms with E-state index in [2.05, 4.69) is 51.1 Å². The Morgan fingerprint density at radius 3 is 2.60 bits per heavy atom. The van der Waals surface area contributed by atoms with Crippen LogP contribution in [-0.4, -0.2) is 33.6 Å². The van der Waals surface area contributed by atoms with Crippen molar-refractivity contribution < 1.29 is 15.3 Å². The zero-order valence-electron chi connectivity index (χ0n) is 19.1. The minimum atomic E-state index is -0.537. The van der Waals surface area contributed by atoms with Crippen LogP contribution in [0.2, 0.25) is 0 Å². The Bertz CT molecular complexity index is 664. The van der Waals surface area contributed by atoms with Crippen molar-refractivity contribution in [2.75, 3.05) is 0 Å². The predicted octanol–water partition coefficient (Wildman–Crippen LogP) is 5.37. The van der Waals surface area contributed by atoms with Crippen LogP contribution in [0.5, 0.6) is 0 Å². The van der Waals surface area contributed by atoms with E-state index in [1.807, 2.05) is 18.2 Å². The minimum absolute atomic E-state index is 0.0205. The van der Waals surface area contributed by atoms with Gasteiger partial charge in [0.05, 0.1) is 18.3 Å². The summed E-state index contributed by atoms with van der Waals surface area (Å²) in [6.45, 7) is 6.60. The average Bonchev–Trinajstić information content (AvgIpc) is 2.96. The highest BCUT2D eigenvalue weighted by Crippen LogP contribution is 2.36. The first-order chi connectivity index (χ1) is 14.4. The molecule has 168 valence electrons. The van der Waals surface area contributed by atoms with E-state index in [0.29, 0.717) is 12.8 Å². The van der Waals surface area contributed by atoms with Crippen LogP contribution in [-0.2, 0) is 6.42 Å². The quantitative estimate of drug-likeness (QED) is 0.318. The third-order valence-electron chi connectivity index (χ3n) is 6.26.